The Morgan fingerprint density at radius 3 is 2.10 bits per heavy atom. The summed E-state index contributed by atoms with van der Waals surface area (Å²) in [6, 6.07) is 7.55. The topological polar surface area (TPSA) is 58.6 Å². The third kappa shape index (κ3) is 2.93. The summed E-state index contributed by atoms with van der Waals surface area (Å²) in [4.78, 5) is 25.7. The number of hydrogen-bond acceptors (Lipinski definition) is 4. The van der Waals surface area contributed by atoms with Gasteiger partial charge in [-0.05, 0) is 24.7 Å². The summed E-state index contributed by atoms with van der Waals surface area (Å²) in [6.07, 6.45) is 0. The van der Waals surface area contributed by atoms with Gasteiger partial charge in [0.2, 0.25) is 11.8 Å². The Bertz CT molecular complexity index is 507. The Kier molecular flexibility index (Phi) is 4.63. The predicted molar refractivity (Wildman–Crippen MR) is 79.8 cm³/mol. The molecule has 0 bridgehead atoms. The minimum Gasteiger partial charge on any atom is -0.497 e. The van der Waals surface area contributed by atoms with E-state index < -0.39 is 0 Å². The van der Waals surface area contributed by atoms with Crippen molar-refractivity contribution in [1.82, 2.24) is 10.2 Å². The molecule has 0 aliphatic carbocycles. The highest BCUT2D eigenvalue weighted by Gasteiger charge is 2.42. The average molecular weight is 290 g/mol. The number of benzene rings is 1. The number of amides is 2. The molecule has 21 heavy (non-hydrogen) atoms. The maximum Gasteiger partial charge on any atom is 0.232 e. The van der Waals surface area contributed by atoms with Gasteiger partial charge >= 0.3 is 0 Å². The maximum absolute atomic E-state index is 12.2. The molecule has 1 aromatic carbocycles. The minimum absolute atomic E-state index is 0.0821. The number of rotatable bonds is 5. The molecule has 5 nitrogen and oxygen atoms in total. The van der Waals surface area contributed by atoms with Gasteiger partial charge in [0.1, 0.15) is 5.75 Å². The van der Waals surface area contributed by atoms with Gasteiger partial charge in [-0.3, -0.25) is 14.5 Å². The van der Waals surface area contributed by atoms with Gasteiger partial charge in [-0.1, -0.05) is 26.0 Å². The molecule has 3 unspecified atom stereocenters. The number of likely N-dealkylation sites (N-methyl/N-ethyl adjacent to an activating group) is 1. The zero-order valence-corrected chi connectivity index (χ0v) is 12.9. The number of carbonyl (C=O) groups excluding carboxylic acids is 2. The molecule has 0 aromatic heterocycles. The number of nitrogens with zero attached hydrogens (tertiary/aromatic N) is 1. The van der Waals surface area contributed by atoms with Crippen LogP contribution in [0.5, 0.6) is 5.75 Å². The Morgan fingerprint density at radius 2 is 1.67 bits per heavy atom. The van der Waals surface area contributed by atoms with E-state index in [9.17, 15) is 9.59 Å². The lowest BCUT2D eigenvalue weighted by molar-refractivity contribution is -0.140. The SMILES string of the molecule is CNC(CN1C(=O)C(C)C(C)C1=O)c1ccc(OC)cc1. The molecule has 0 saturated carbocycles. The number of hydrogen-bond donors (Lipinski definition) is 1. The van der Waals surface area contributed by atoms with Crippen molar-refractivity contribution in [2.45, 2.75) is 19.9 Å². The van der Waals surface area contributed by atoms with Crippen LogP contribution in [-0.2, 0) is 9.59 Å². The number of imide groups is 1. The molecule has 0 radical (unpaired) electrons. The van der Waals surface area contributed by atoms with Crippen LogP contribution in [0, 0.1) is 11.8 Å². The van der Waals surface area contributed by atoms with E-state index in [1.54, 1.807) is 7.11 Å². The molecule has 1 saturated heterocycles. The van der Waals surface area contributed by atoms with E-state index in [0.29, 0.717) is 6.54 Å². The van der Waals surface area contributed by atoms with E-state index in [-0.39, 0.29) is 29.7 Å². The zero-order chi connectivity index (χ0) is 15.6. The molecule has 3 atom stereocenters. The van der Waals surface area contributed by atoms with Gasteiger partial charge < -0.3 is 10.1 Å². The third-order valence-electron chi connectivity index (χ3n) is 4.29. The molecular formula is C16H22N2O3. The molecule has 5 heteroatoms. The molecule has 1 aliphatic rings. The van der Waals surface area contributed by atoms with Crippen molar-refractivity contribution in [3.8, 4) is 5.75 Å². The van der Waals surface area contributed by atoms with Crippen molar-refractivity contribution < 1.29 is 14.3 Å². The van der Waals surface area contributed by atoms with E-state index >= 15 is 0 Å². The zero-order valence-electron chi connectivity index (χ0n) is 12.9. The Balaban J connectivity index is 2.15. The summed E-state index contributed by atoms with van der Waals surface area (Å²) >= 11 is 0. The van der Waals surface area contributed by atoms with Crippen molar-refractivity contribution in [2.24, 2.45) is 11.8 Å². The van der Waals surface area contributed by atoms with Crippen LogP contribution in [0.2, 0.25) is 0 Å². The Labute approximate surface area is 125 Å². The number of likely N-dealkylation sites (tertiary alicyclic amines) is 1. The second-order valence-corrected chi connectivity index (χ2v) is 5.48. The van der Waals surface area contributed by atoms with Crippen LogP contribution in [0.4, 0.5) is 0 Å². The lowest BCUT2D eigenvalue weighted by Crippen LogP contribution is -2.38. The van der Waals surface area contributed by atoms with Crippen molar-refractivity contribution >= 4 is 11.8 Å². The summed E-state index contributed by atoms with van der Waals surface area (Å²) in [5.41, 5.74) is 1.02. The first kappa shape index (κ1) is 15.5. The van der Waals surface area contributed by atoms with E-state index in [4.69, 9.17) is 4.74 Å². The number of ether oxygens (including phenoxy) is 1. The fraction of sp³-hybridized carbons (Fsp3) is 0.500. The minimum atomic E-state index is -0.231. The number of nitrogens with one attached hydrogen (secondary N) is 1. The molecule has 1 aliphatic heterocycles. The standard InChI is InChI=1S/C16H22N2O3/c1-10-11(2)16(20)18(15(10)19)9-14(17-3)12-5-7-13(21-4)8-6-12/h5-8,10-11,14,17H,9H2,1-4H3. The molecule has 114 valence electrons. The van der Waals surface area contributed by atoms with Crippen molar-refractivity contribution in [2.75, 3.05) is 20.7 Å². The van der Waals surface area contributed by atoms with Crippen molar-refractivity contribution in [1.29, 1.82) is 0 Å². The molecule has 1 aromatic rings. The van der Waals surface area contributed by atoms with Gasteiger partial charge in [-0.15, -0.1) is 0 Å². The highest BCUT2D eigenvalue weighted by atomic mass is 16.5. The first-order chi connectivity index (χ1) is 9.99. The molecule has 1 N–H and O–H groups in total. The maximum atomic E-state index is 12.2. The molecule has 2 rings (SSSR count). The predicted octanol–water partition coefficient (Wildman–Crippen LogP) is 1.60. The van der Waals surface area contributed by atoms with Crippen LogP contribution in [0.15, 0.2) is 24.3 Å². The number of carbonyl (C=O) groups is 2. The van der Waals surface area contributed by atoms with Crippen molar-refractivity contribution in [3.63, 3.8) is 0 Å². The summed E-state index contributed by atoms with van der Waals surface area (Å²) in [7, 11) is 3.45. The van der Waals surface area contributed by atoms with Crippen LogP contribution in [0.25, 0.3) is 0 Å². The monoisotopic (exact) mass is 290 g/mol. The van der Waals surface area contributed by atoms with Gasteiger partial charge in [-0.25, -0.2) is 0 Å². The van der Waals surface area contributed by atoms with E-state index in [2.05, 4.69) is 5.32 Å². The summed E-state index contributed by atoms with van der Waals surface area (Å²) in [5.74, 6) is 0.156. The fourth-order valence-electron chi connectivity index (χ4n) is 2.59. The third-order valence-corrected chi connectivity index (χ3v) is 4.29. The van der Waals surface area contributed by atoms with Crippen LogP contribution in [-0.4, -0.2) is 37.4 Å². The lowest BCUT2D eigenvalue weighted by atomic mass is 10.00. The fourth-order valence-corrected chi connectivity index (χ4v) is 2.59. The van der Waals surface area contributed by atoms with Gasteiger partial charge in [-0.2, -0.15) is 0 Å². The highest BCUT2D eigenvalue weighted by Crippen LogP contribution is 2.27. The summed E-state index contributed by atoms with van der Waals surface area (Å²) in [6.45, 7) is 3.98. The average Bonchev–Trinajstić information content (AvgIpc) is 2.70. The molecule has 1 fully saturated rings. The van der Waals surface area contributed by atoms with Gasteiger partial charge in [0, 0.05) is 18.4 Å². The summed E-state index contributed by atoms with van der Waals surface area (Å²) < 4.78 is 5.14. The second kappa shape index (κ2) is 6.26. The van der Waals surface area contributed by atoms with Crippen molar-refractivity contribution in [3.05, 3.63) is 29.8 Å². The Morgan fingerprint density at radius 1 is 1.14 bits per heavy atom. The smallest absolute Gasteiger partial charge is 0.232 e. The second-order valence-electron chi connectivity index (χ2n) is 5.48. The van der Waals surface area contributed by atoms with Crippen LogP contribution in [0.1, 0.15) is 25.5 Å². The Hall–Kier alpha value is -1.88. The molecule has 2 amide bonds. The molecule has 1 heterocycles. The number of methoxy groups -OCH3 is 1. The first-order valence-electron chi connectivity index (χ1n) is 7.16. The van der Waals surface area contributed by atoms with E-state index in [1.807, 2.05) is 45.2 Å². The molecule has 0 spiro atoms. The van der Waals surface area contributed by atoms with Gasteiger partial charge in [0.05, 0.1) is 13.2 Å². The lowest BCUT2D eigenvalue weighted by Gasteiger charge is -2.23. The largest absolute Gasteiger partial charge is 0.497 e. The normalized spacial score (nSPS) is 23.5. The molecular weight excluding hydrogens is 268 g/mol. The quantitative estimate of drug-likeness (QED) is 0.837. The van der Waals surface area contributed by atoms with Crippen LogP contribution < -0.4 is 10.1 Å². The van der Waals surface area contributed by atoms with Crippen LogP contribution >= 0.6 is 0 Å². The first-order valence-corrected chi connectivity index (χ1v) is 7.16. The van der Waals surface area contributed by atoms with Gasteiger partial charge in [0.15, 0.2) is 0 Å². The van der Waals surface area contributed by atoms with E-state index in [0.717, 1.165) is 11.3 Å². The summed E-state index contributed by atoms with van der Waals surface area (Å²) in [5, 5.41) is 3.17. The highest BCUT2D eigenvalue weighted by molar-refractivity contribution is 6.04. The van der Waals surface area contributed by atoms with Gasteiger partial charge in [0.25, 0.3) is 0 Å². The van der Waals surface area contributed by atoms with E-state index in [1.165, 1.54) is 4.90 Å². The van der Waals surface area contributed by atoms with Crippen LogP contribution in [0.3, 0.4) is 0 Å².